The predicted octanol–water partition coefficient (Wildman–Crippen LogP) is 2.64. The second kappa shape index (κ2) is 9.47. The molecule has 0 heterocycles. The predicted molar refractivity (Wildman–Crippen MR) is 82.4 cm³/mol. The van der Waals surface area contributed by atoms with Crippen LogP contribution in [0.1, 0.15) is 37.0 Å². The van der Waals surface area contributed by atoms with Gasteiger partial charge in [-0.15, -0.1) is 0 Å². The fourth-order valence-corrected chi connectivity index (χ4v) is 1.96. The Hall–Kier alpha value is -1.46. The van der Waals surface area contributed by atoms with E-state index in [1.54, 1.807) is 6.07 Å². The number of benzene rings is 1. The number of hydrogen-bond acceptors (Lipinski definition) is 4. The summed E-state index contributed by atoms with van der Waals surface area (Å²) in [6.07, 6.45) is 1.93. The Kier molecular flexibility index (Phi) is 7.93. The molecule has 0 saturated carbocycles. The molecule has 0 aliphatic carbocycles. The molecule has 1 rings (SSSR count). The summed E-state index contributed by atoms with van der Waals surface area (Å²) in [7, 11) is 0. The lowest BCUT2D eigenvalue weighted by atomic mass is 10.2. The van der Waals surface area contributed by atoms with Gasteiger partial charge in [0.2, 0.25) is 0 Å². The molecule has 1 aromatic carbocycles. The van der Waals surface area contributed by atoms with E-state index in [4.69, 9.17) is 26.2 Å². The summed E-state index contributed by atoms with van der Waals surface area (Å²) in [6, 6.07) is 3.14. The summed E-state index contributed by atoms with van der Waals surface area (Å²) in [5, 5.41) is 11.6. The van der Waals surface area contributed by atoms with E-state index in [9.17, 15) is 4.79 Å². The third-order valence-corrected chi connectivity index (χ3v) is 2.99. The van der Waals surface area contributed by atoms with Crippen LogP contribution in [-0.2, 0) is 0 Å². The number of nitrogens with one attached hydrogen (secondary N) is 1. The zero-order valence-electron chi connectivity index (χ0n) is 12.4. The first-order valence-corrected chi connectivity index (χ1v) is 7.50. The van der Waals surface area contributed by atoms with Crippen molar-refractivity contribution in [3.8, 4) is 11.5 Å². The fraction of sp³-hybridized carbons (Fsp3) is 0.533. The minimum atomic E-state index is -0.313. The van der Waals surface area contributed by atoms with Gasteiger partial charge < -0.3 is 19.9 Å². The van der Waals surface area contributed by atoms with Crippen LogP contribution < -0.4 is 14.8 Å². The van der Waals surface area contributed by atoms with Crippen LogP contribution >= 0.6 is 11.6 Å². The van der Waals surface area contributed by atoms with E-state index in [0.29, 0.717) is 35.3 Å². The van der Waals surface area contributed by atoms with E-state index in [1.165, 1.54) is 6.07 Å². The number of amides is 1. The van der Waals surface area contributed by atoms with Crippen molar-refractivity contribution in [2.45, 2.75) is 26.7 Å². The van der Waals surface area contributed by atoms with Gasteiger partial charge in [-0.3, -0.25) is 4.79 Å². The van der Waals surface area contributed by atoms with E-state index < -0.39 is 0 Å². The third kappa shape index (κ3) is 5.44. The van der Waals surface area contributed by atoms with Crippen molar-refractivity contribution in [3.63, 3.8) is 0 Å². The van der Waals surface area contributed by atoms with Crippen LogP contribution in [0.3, 0.4) is 0 Å². The van der Waals surface area contributed by atoms with E-state index in [-0.39, 0.29) is 19.1 Å². The Balaban J connectivity index is 2.96. The third-order valence-electron chi connectivity index (χ3n) is 2.71. The van der Waals surface area contributed by atoms with Crippen LogP contribution in [0.4, 0.5) is 0 Å². The lowest BCUT2D eigenvalue weighted by Gasteiger charge is -2.15. The molecule has 118 valence electrons. The quantitative estimate of drug-likeness (QED) is 0.687. The molecule has 5 nitrogen and oxygen atoms in total. The number of carbonyl (C=O) groups excluding carboxylic acids is 1. The van der Waals surface area contributed by atoms with Crippen LogP contribution in [0.25, 0.3) is 0 Å². The smallest absolute Gasteiger partial charge is 0.251 e. The molecule has 6 heteroatoms. The van der Waals surface area contributed by atoms with Crippen LogP contribution in [0, 0.1) is 0 Å². The van der Waals surface area contributed by atoms with Crippen LogP contribution in [0.2, 0.25) is 5.02 Å². The Bertz CT molecular complexity index is 465. The number of aliphatic hydroxyl groups excluding tert-OH is 1. The molecule has 0 spiro atoms. The van der Waals surface area contributed by atoms with Gasteiger partial charge in [-0.2, -0.15) is 0 Å². The number of halogens is 1. The molecule has 1 aromatic rings. The normalized spacial score (nSPS) is 10.3. The largest absolute Gasteiger partial charge is 0.490 e. The van der Waals surface area contributed by atoms with Crippen LogP contribution in [0.5, 0.6) is 11.5 Å². The molecule has 0 unspecified atom stereocenters. The first-order chi connectivity index (χ1) is 10.1. The summed E-state index contributed by atoms with van der Waals surface area (Å²) in [5.74, 6) is 0.605. The average Bonchev–Trinajstić information content (AvgIpc) is 2.47. The molecular weight excluding hydrogens is 294 g/mol. The van der Waals surface area contributed by atoms with Crippen molar-refractivity contribution >= 4 is 17.5 Å². The highest BCUT2D eigenvalue weighted by molar-refractivity contribution is 6.32. The molecule has 21 heavy (non-hydrogen) atoms. The first-order valence-electron chi connectivity index (χ1n) is 7.12. The molecule has 0 radical (unpaired) electrons. The van der Waals surface area contributed by atoms with E-state index in [1.807, 2.05) is 6.92 Å². The molecule has 0 fully saturated rings. The van der Waals surface area contributed by atoms with Crippen molar-refractivity contribution in [1.29, 1.82) is 0 Å². The highest BCUT2D eigenvalue weighted by Gasteiger charge is 2.16. The maximum atomic E-state index is 11.9. The number of hydrogen-bond donors (Lipinski definition) is 2. The van der Waals surface area contributed by atoms with Crippen molar-refractivity contribution < 1.29 is 19.4 Å². The van der Waals surface area contributed by atoms with E-state index in [2.05, 4.69) is 12.2 Å². The van der Waals surface area contributed by atoms with Gasteiger partial charge in [0.15, 0.2) is 11.5 Å². The minimum absolute atomic E-state index is 0.115. The molecule has 0 atom stereocenters. The lowest BCUT2D eigenvalue weighted by Crippen LogP contribution is -2.26. The fourth-order valence-electron chi connectivity index (χ4n) is 1.69. The summed E-state index contributed by atoms with van der Waals surface area (Å²) < 4.78 is 11.2. The van der Waals surface area contributed by atoms with Gasteiger partial charge in [0.05, 0.1) is 24.8 Å². The summed E-state index contributed by atoms with van der Waals surface area (Å²) in [4.78, 5) is 11.9. The number of aliphatic hydroxyl groups is 1. The molecule has 0 saturated heterocycles. The second-order valence-electron chi connectivity index (χ2n) is 4.40. The number of unbranched alkanes of at least 4 members (excludes halogenated alkanes) is 1. The molecule has 0 aliphatic heterocycles. The first kappa shape index (κ1) is 17.6. The number of ether oxygens (including phenoxy) is 2. The Labute approximate surface area is 130 Å². The van der Waals surface area contributed by atoms with Crippen molar-refractivity contribution in [2.75, 3.05) is 26.4 Å². The van der Waals surface area contributed by atoms with Gasteiger partial charge in [-0.1, -0.05) is 24.9 Å². The van der Waals surface area contributed by atoms with Crippen molar-refractivity contribution in [3.05, 3.63) is 22.7 Å². The Morgan fingerprint density at radius 3 is 2.71 bits per heavy atom. The minimum Gasteiger partial charge on any atom is -0.490 e. The van der Waals surface area contributed by atoms with Gasteiger partial charge >= 0.3 is 0 Å². The standard InChI is InChI=1S/C15H22ClNO4/c1-3-5-8-21-14-12(16)9-11(10-13(14)20-4-2)15(19)17-6-7-18/h9-10,18H,3-8H2,1-2H3,(H,17,19). The van der Waals surface area contributed by atoms with E-state index in [0.717, 1.165) is 12.8 Å². The van der Waals surface area contributed by atoms with Gasteiger partial charge in [0.25, 0.3) is 5.91 Å². The number of rotatable bonds is 9. The summed E-state index contributed by atoms with van der Waals surface area (Å²) >= 11 is 6.19. The lowest BCUT2D eigenvalue weighted by molar-refractivity contribution is 0.0944. The van der Waals surface area contributed by atoms with Crippen molar-refractivity contribution in [2.24, 2.45) is 0 Å². The van der Waals surface area contributed by atoms with Crippen LogP contribution in [-0.4, -0.2) is 37.4 Å². The second-order valence-corrected chi connectivity index (χ2v) is 4.81. The zero-order chi connectivity index (χ0) is 15.7. The maximum absolute atomic E-state index is 11.9. The molecule has 0 aromatic heterocycles. The topological polar surface area (TPSA) is 67.8 Å². The van der Waals surface area contributed by atoms with Gasteiger partial charge in [-0.05, 0) is 25.5 Å². The van der Waals surface area contributed by atoms with Gasteiger partial charge in [0, 0.05) is 12.1 Å². The Morgan fingerprint density at radius 1 is 1.33 bits per heavy atom. The van der Waals surface area contributed by atoms with Gasteiger partial charge in [-0.25, -0.2) is 0 Å². The summed E-state index contributed by atoms with van der Waals surface area (Å²) in [5.41, 5.74) is 0.375. The highest BCUT2D eigenvalue weighted by Crippen LogP contribution is 2.36. The molecular formula is C15H22ClNO4. The van der Waals surface area contributed by atoms with E-state index >= 15 is 0 Å². The number of carbonyl (C=O) groups is 1. The monoisotopic (exact) mass is 315 g/mol. The van der Waals surface area contributed by atoms with Crippen LogP contribution in [0.15, 0.2) is 12.1 Å². The SMILES string of the molecule is CCCCOc1c(Cl)cc(C(=O)NCCO)cc1OCC. The molecule has 1 amide bonds. The van der Waals surface area contributed by atoms with Gasteiger partial charge in [0.1, 0.15) is 0 Å². The Morgan fingerprint density at radius 2 is 2.10 bits per heavy atom. The molecule has 0 bridgehead atoms. The maximum Gasteiger partial charge on any atom is 0.251 e. The zero-order valence-corrected chi connectivity index (χ0v) is 13.2. The summed E-state index contributed by atoms with van der Waals surface area (Å²) in [6.45, 7) is 4.99. The molecule has 0 aliphatic rings. The van der Waals surface area contributed by atoms with Crippen molar-refractivity contribution in [1.82, 2.24) is 5.32 Å². The average molecular weight is 316 g/mol. The molecule has 2 N–H and O–H groups in total. The highest BCUT2D eigenvalue weighted by atomic mass is 35.5.